The average molecular weight is 359 g/mol. The number of aryl methyl sites for hydroxylation is 2. The fourth-order valence-corrected chi connectivity index (χ4v) is 4.02. The van der Waals surface area contributed by atoms with Gasteiger partial charge in [-0.25, -0.2) is 8.42 Å². The van der Waals surface area contributed by atoms with E-state index in [1.807, 2.05) is 18.2 Å². The molecular formula is C19H21NO4S. The van der Waals surface area contributed by atoms with Crippen molar-refractivity contribution in [1.29, 1.82) is 0 Å². The Morgan fingerprint density at radius 3 is 2.68 bits per heavy atom. The van der Waals surface area contributed by atoms with Gasteiger partial charge in [0.2, 0.25) is 0 Å². The Labute approximate surface area is 147 Å². The zero-order valence-corrected chi connectivity index (χ0v) is 14.9. The molecule has 0 unspecified atom stereocenters. The predicted octanol–water partition coefficient (Wildman–Crippen LogP) is 2.99. The Morgan fingerprint density at radius 1 is 1.12 bits per heavy atom. The molecule has 0 fully saturated rings. The molecule has 0 saturated heterocycles. The first-order valence-electron chi connectivity index (χ1n) is 8.36. The predicted molar refractivity (Wildman–Crippen MR) is 96.8 cm³/mol. The van der Waals surface area contributed by atoms with Gasteiger partial charge in [-0.15, -0.1) is 0 Å². The topological polar surface area (TPSA) is 72.5 Å². The second-order valence-electron chi connectivity index (χ2n) is 6.02. The van der Waals surface area contributed by atoms with Crippen molar-refractivity contribution in [3.63, 3.8) is 0 Å². The van der Waals surface area contributed by atoms with Crippen LogP contribution in [0.3, 0.4) is 0 Å². The number of sulfone groups is 1. The number of rotatable bonds is 6. The van der Waals surface area contributed by atoms with Crippen molar-refractivity contribution in [1.82, 2.24) is 0 Å². The van der Waals surface area contributed by atoms with Crippen molar-refractivity contribution in [3.8, 4) is 5.75 Å². The molecule has 0 atom stereocenters. The van der Waals surface area contributed by atoms with Crippen molar-refractivity contribution in [2.75, 3.05) is 17.7 Å². The summed E-state index contributed by atoms with van der Waals surface area (Å²) in [6.07, 6.45) is 3.29. The van der Waals surface area contributed by atoms with E-state index in [9.17, 15) is 13.2 Å². The summed E-state index contributed by atoms with van der Waals surface area (Å²) in [5.74, 6) is 0.246. The Balaban J connectivity index is 1.66. The molecule has 0 bridgehead atoms. The van der Waals surface area contributed by atoms with Gasteiger partial charge in [-0.3, -0.25) is 4.79 Å². The van der Waals surface area contributed by atoms with Crippen LogP contribution >= 0.6 is 0 Å². The first-order chi connectivity index (χ1) is 12.0. The molecule has 6 heteroatoms. The summed E-state index contributed by atoms with van der Waals surface area (Å²) < 4.78 is 29.8. The van der Waals surface area contributed by atoms with Crippen molar-refractivity contribution in [3.05, 3.63) is 53.6 Å². The van der Waals surface area contributed by atoms with E-state index in [0.29, 0.717) is 5.75 Å². The van der Waals surface area contributed by atoms with E-state index in [2.05, 4.69) is 5.32 Å². The fraction of sp³-hybridized carbons (Fsp3) is 0.316. The number of fused-ring (bicyclic) bond motifs is 1. The first-order valence-corrected chi connectivity index (χ1v) is 10.0. The minimum atomic E-state index is -3.40. The molecule has 1 aliphatic rings. The smallest absolute Gasteiger partial charge is 0.262 e. The van der Waals surface area contributed by atoms with Crippen LogP contribution in [0.1, 0.15) is 24.5 Å². The maximum Gasteiger partial charge on any atom is 0.262 e. The minimum Gasteiger partial charge on any atom is -0.484 e. The quantitative estimate of drug-likeness (QED) is 0.861. The van der Waals surface area contributed by atoms with Crippen LogP contribution < -0.4 is 10.1 Å². The molecule has 1 N–H and O–H groups in total. The van der Waals surface area contributed by atoms with Crippen LogP contribution in [0.25, 0.3) is 0 Å². The van der Waals surface area contributed by atoms with Gasteiger partial charge in [-0.1, -0.05) is 25.1 Å². The molecule has 0 aromatic heterocycles. The molecule has 0 heterocycles. The van der Waals surface area contributed by atoms with E-state index in [-0.39, 0.29) is 28.8 Å². The van der Waals surface area contributed by atoms with E-state index in [1.54, 1.807) is 25.1 Å². The van der Waals surface area contributed by atoms with Crippen LogP contribution in [0.2, 0.25) is 0 Å². The third-order valence-electron chi connectivity index (χ3n) is 4.32. The number of para-hydroxylation sites is 1. The third kappa shape index (κ3) is 4.02. The van der Waals surface area contributed by atoms with E-state index in [1.165, 1.54) is 17.2 Å². The van der Waals surface area contributed by atoms with Crippen LogP contribution in [0, 0.1) is 0 Å². The molecule has 25 heavy (non-hydrogen) atoms. The molecule has 1 aliphatic carbocycles. The van der Waals surface area contributed by atoms with Crippen LogP contribution in [-0.2, 0) is 27.5 Å². The largest absolute Gasteiger partial charge is 0.484 e. The zero-order valence-electron chi connectivity index (χ0n) is 14.1. The lowest BCUT2D eigenvalue weighted by molar-refractivity contribution is -0.118. The van der Waals surface area contributed by atoms with Gasteiger partial charge in [0, 0.05) is 0 Å². The van der Waals surface area contributed by atoms with Gasteiger partial charge in [0.05, 0.1) is 16.3 Å². The summed E-state index contributed by atoms with van der Waals surface area (Å²) in [6, 6.07) is 12.3. The number of benzene rings is 2. The Hall–Kier alpha value is -2.34. The number of ether oxygens (including phenoxy) is 1. The molecule has 2 aromatic rings. The lowest BCUT2D eigenvalue weighted by Gasteiger charge is -2.12. The SMILES string of the molecule is CCS(=O)(=O)c1ccccc1NC(=O)COc1ccc2c(c1)CCC2. The fourth-order valence-electron chi connectivity index (χ4n) is 2.97. The van der Waals surface area contributed by atoms with Gasteiger partial charge in [0.1, 0.15) is 5.75 Å². The zero-order chi connectivity index (χ0) is 17.9. The van der Waals surface area contributed by atoms with Crippen LogP contribution in [-0.4, -0.2) is 26.7 Å². The van der Waals surface area contributed by atoms with Crippen LogP contribution in [0.15, 0.2) is 47.4 Å². The maximum atomic E-state index is 12.2. The van der Waals surface area contributed by atoms with Crippen molar-refractivity contribution in [2.45, 2.75) is 31.1 Å². The van der Waals surface area contributed by atoms with Gasteiger partial charge < -0.3 is 10.1 Å². The Kier molecular flexibility index (Phi) is 5.08. The van der Waals surface area contributed by atoms with Gasteiger partial charge >= 0.3 is 0 Å². The van der Waals surface area contributed by atoms with E-state index in [0.717, 1.165) is 19.3 Å². The second kappa shape index (κ2) is 7.27. The maximum absolute atomic E-state index is 12.2. The number of amides is 1. The van der Waals surface area contributed by atoms with Crippen molar-refractivity contribution in [2.24, 2.45) is 0 Å². The first kappa shape index (κ1) is 17.5. The van der Waals surface area contributed by atoms with Crippen molar-refractivity contribution < 1.29 is 17.9 Å². The lowest BCUT2D eigenvalue weighted by atomic mass is 10.1. The lowest BCUT2D eigenvalue weighted by Crippen LogP contribution is -2.21. The average Bonchev–Trinajstić information content (AvgIpc) is 3.08. The normalized spacial score (nSPS) is 13.3. The van der Waals surface area contributed by atoms with Crippen molar-refractivity contribution >= 4 is 21.4 Å². The minimum absolute atomic E-state index is 0.0223. The van der Waals surface area contributed by atoms with Crippen LogP contribution in [0.5, 0.6) is 5.75 Å². The molecule has 132 valence electrons. The molecule has 2 aromatic carbocycles. The molecule has 0 spiro atoms. The van der Waals surface area contributed by atoms with E-state index >= 15 is 0 Å². The van der Waals surface area contributed by atoms with Gasteiger partial charge in [-0.2, -0.15) is 0 Å². The molecular weight excluding hydrogens is 338 g/mol. The summed E-state index contributed by atoms with van der Waals surface area (Å²) in [5, 5.41) is 2.63. The van der Waals surface area contributed by atoms with Gasteiger partial charge in [0.25, 0.3) is 5.91 Å². The number of hydrogen-bond donors (Lipinski definition) is 1. The number of carbonyl (C=O) groups excluding carboxylic acids is 1. The molecule has 5 nitrogen and oxygen atoms in total. The molecule has 0 radical (unpaired) electrons. The van der Waals surface area contributed by atoms with Crippen LogP contribution in [0.4, 0.5) is 5.69 Å². The number of nitrogens with one attached hydrogen (secondary N) is 1. The van der Waals surface area contributed by atoms with E-state index in [4.69, 9.17) is 4.74 Å². The molecule has 1 amide bonds. The molecule has 0 saturated carbocycles. The second-order valence-corrected chi connectivity index (χ2v) is 8.27. The summed E-state index contributed by atoms with van der Waals surface area (Å²) in [4.78, 5) is 12.3. The highest BCUT2D eigenvalue weighted by atomic mass is 32.2. The Morgan fingerprint density at radius 2 is 1.88 bits per heavy atom. The van der Waals surface area contributed by atoms with Gasteiger partial charge in [-0.05, 0) is 54.7 Å². The highest BCUT2D eigenvalue weighted by Crippen LogP contribution is 2.26. The molecule has 0 aliphatic heterocycles. The van der Waals surface area contributed by atoms with E-state index < -0.39 is 9.84 Å². The summed E-state index contributed by atoms with van der Waals surface area (Å²) in [5.41, 5.74) is 2.90. The van der Waals surface area contributed by atoms with Gasteiger partial charge in [0.15, 0.2) is 16.4 Å². The summed E-state index contributed by atoms with van der Waals surface area (Å²) in [7, 11) is -3.40. The standard InChI is InChI=1S/C19H21NO4S/c1-2-25(22,23)18-9-4-3-8-17(18)20-19(21)13-24-16-11-10-14-6-5-7-15(14)12-16/h3-4,8-12H,2,5-7,13H2,1H3,(H,20,21). The summed E-state index contributed by atoms with van der Waals surface area (Å²) >= 11 is 0. The highest BCUT2D eigenvalue weighted by molar-refractivity contribution is 7.91. The third-order valence-corrected chi connectivity index (χ3v) is 6.10. The molecule has 3 rings (SSSR count). The summed E-state index contributed by atoms with van der Waals surface area (Å²) in [6.45, 7) is 1.41. The number of anilines is 1. The highest BCUT2D eigenvalue weighted by Gasteiger charge is 2.18. The number of carbonyl (C=O) groups is 1. The number of hydrogen-bond acceptors (Lipinski definition) is 4. The monoisotopic (exact) mass is 359 g/mol. The Bertz CT molecular complexity index is 890.